The third-order valence-corrected chi connectivity index (χ3v) is 4.37. The Morgan fingerprint density at radius 2 is 2.08 bits per heavy atom. The fraction of sp³-hybridized carbons (Fsp3) is 0.611. The van der Waals surface area contributed by atoms with E-state index in [0.29, 0.717) is 6.10 Å². The van der Waals surface area contributed by atoms with Crippen LogP contribution in [0, 0.1) is 0 Å². The van der Waals surface area contributed by atoms with Crippen LogP contribution in [0.2, 0.25) is 5.02 Å². The van der Waals surface area contributed by atoms with E-state index in [4.69, 9.17) is 21.1 Å². The Morgan fingerprint density at radius 1 is 1.32 bits per heavy atom. The van der Waals surface area contributed by atoms with E-state index in [-0.39, 0.29) is 24.0 Å². The lowest BCUT2D eigenvalue weighted by Crippen LogP contribution is -2.46. The largest absolute Gasteiger partial charge is 0.385 e. The van der Waals surface area contributed by atoms with Gasteiger partial charge in [0.15, 0.2) is 5.96 Å². The first-order valence-corrected chi connectivity index (χ1v) is 8.91. The molecule has 1 heterocycles. The molecule has 1 aromatic carbocycles. The summed E-state index contributed by atoms with van der Waals surface area (Å²) in [6.45, 7) is 4.19. The Balaban J connectivity index is 0.00000312. The first kappa shape index (κ1) is 22.5. The summed E-state index contributed by atoms with van der Waals surface area (Å²) in [5, 5.41) is 4.18. The average molecular weight is 482 g/mol. The van der Waals surface area contributed by atoms with Crippen LogP contribution in [0.5, 0.6) is 0 Å². The minimum atomic E-state index is 0. The molecule has 0 radical (unpaired) electrons. The average Bonchev–Trinajstić information content (AvgIpc) is 2.60. The number of hydrogen-bond donors (Lipinski definition) is 1. The number of ether oxygens (including phenoxy) is 2. The number of halogens is 2. The SMILES string of the molecule is CN=C(NCc1cccc(Cl)c1)N1CCC(OCCCOC)CC1.I. The Morgan fingerprint density at radius 3 is 2.72 bits per heavy atom. The number of methoxy groups -OCH3 is 1. The molecule has 0 aromatic heterocycles. The van der Waals surface area contributed by atoms with Crippen molar-refractivity contribution in [2.75, 3.05) is 40.5 Å². The molecule has 1 aromatic rings. The maximum Gasteiger partial charge on any atom is 0.193 e. The summed E-state index contributed by atoms with van der Waals surface area (Å²) in [4.78, 5) is 6.69. The lowest BCUT2D eigenvalue weighted by atomic mass is 10.1. The van der Waals surface area contributed by atoms with Crippen molar-refractivity contribution in [3.05, 3.63) is 34.9 Å². The van der Waals surface area contributed by atoms with Gasteiger partial charge in [-0.15, -0.1) is 24.0 Å². The topological polar surface area (TPSA) is 46.1 Å². The molecular formula is C18H29ClIN3O2. The van der Waals surface area contributed by atoms with Crippen LogP contribution in [0.1, 0.15) is 24.8 Å². The lowest BCUT2D eigenvalue weighted by molar-refractivity contribution is 0.00989. The summed E-state index contributed by atoms with van der Waals surface area (Å²) in [7, 11) is 3.55. The van der Waals surface area contributed by atoms with Crippen molar-refractivity contribution in [2.45, 2.75) is 31.9 Å². The number of piperidine rings is 1. The highest BCUT2D eigenvalue weighted by molar-refractivity contribution is 14.0. The van der Waals surface area contributed by atoms with Crippen molar-refractivity contribution >= 4 is 41.5 Å². The first-order valence-electron chi connectivity index (χ1n) is 8.53. The van der Waals surface area contributed by atoms with Crippen molar-refractivity contribution in [1.82, 2.24) is 10.2 Å². The minimum Gasteiger partial charge on any atom is -0.385 e. The molecule has 1 fully saturated rings. The molecule has 0 spiro atoms. The van der Waals surface area contributed by atoms with Gasteiger partial charge in [-0.05, 0) is 37.0 Å². The summed E-state index contributed by atoms with van der Waals surface area (Å²) in [6, 6.07) is 7.89. The molecule has 25 heavy (non-hydrogen) atoms. The number of likely N-dealkylation sites (tertiary alicyclic amines) is 1. The number of rotatable bonds is 7. The quantitative estimate of drug-likeness (QED) is 0.280. The molecule has 1 N–H and O–H groups in total. The van der Waals surface area contributed by atoms with Gasteiger partial charge in [-0.25, -0.2) is 0 Å². The maximum absolute atomic E-state index is 6.03. The molecular weight excluding hydrogens is 453 g/mol. The van der Waals surface area contributed by atoms with Gasteiger partial charge in [-0.3, -0.25) is 4.99 Å². The van der Waals surface area contributed by atoms with Gasteiger partial charge in [-0.2, -0.15) is 0 Å². The summed E-state index contributed by atoms with van der Waals surface area (Å²) >= 11 is 6.03. The fourth-order valence-electron chi connectivity index (χ4n) is 2.85. The van der Waals surface area contributed by atoms with E-state index in [0.717, 1.165) is 68.7 Å². The Labute approximate surface area is 173 Å². The fourth-order valence-corrected chi connectivity index (χ4v) is 3.06. The van der Waals surface area contributed by atoms with Crippen molar-refractivity contribution in [3.63, 3.8) is 0 Å². The van der Waals surface area contributed by atoms with Crippen molar-refractivity contribution < 1.29 is 9.47 Å². The predicted octanol–water partition coefficient (Wildman–Crippen LogP) is 3.55. The van der Waals surface area contributed by atoms with E-state index in [1.165, 1.54) is 0 Å². The monoisotopic (exact) mass is 481 g/mol. The summed E-state index contributed by atoms with van der Waals surface area (Å²) in [5.41, 5.74) is 1.15. The van der Waals surface area contributed by atoms with Crippen molar-refractivity contribution in [3.8, 4) is 0 Å². The second-order valence-corrected chi connectivity index (χ2v) is 6.37. The van der Waals surface area contributed by atoms with Crippen LogP contribution < -0.4 is 5.32 Å². The van der Waals surface area contributed by atoms with E-state index in [1.807, 2.05) is 25.2 Å². The molecule has 0 atom stereocenters. The van der Waals surface area contributed by atoms with Gasteiger partial charge < -0.3 is 19.7 Å². The summed E-state index contributed by atoms with van der Waals surface area (Å²) in [6.07, 6.45) is 3.37. The molecule has 1 saturated heterocycles. The number of aliphatic imine (C=N–C) groups is 1. The van der Waals surface area contributed by atoms with Gasteiger partial charge >= 0.3 is 0 Å². The molecule has 0 saturated carbocycles. The van der Waals surface area contributed by atoms with Crippen molar-refractivity contribution in [1.29, 1.82) is 0 Å². The molecule has 0 unspecified atom stereocenters. The second-order valence-electron chi connectivity index (χ2n) is 5.93. The molecule has 0 amide bonds. The van der Waals surface area contributed by atoms with Crippen LogP contribution in [0.3, 0.4) is 0 Å². The summed E-state index contributed by atoms with van der Waals surface area (Å²) < 4.78 is 11.0. The zero-order chi connectivity index (χ0) is 17.2. The molecule has 1 aliphatic rings. The highest BCUT2D eigenvalue weighted by Crippen LogP contribution is 2.15. The van der Waals surface area contributed by atoms with Crippen LogP contribution in [0.25, 0.3) is 0 Å². The van der Waals surface area contributed by atoms with Gasteiger partial charge in [0, 0.05) is 52.0 Å². The lowest BCUT2D eigenvalue weighted by Gasteiger charge is -2.34. The number of hydrogen-bond acceptors (Lipinski definition) is 3. The molecule has 1 aliphatic heterocycles. The minimum absolute atomic E-state index is 0. The van der Waals surface area contributed by atoms with Crippen LogP contribution >= 0.6 is 35.6 Å². The van der Waals surface area contributed by atoms with Gasteiger partial charge in [-0.1, -0.05) is 23.7 Å². The van der Waals surface area contributed by atoms with Crippen LogP contribution in [0.15, 0.2) is 29.3 Å². The molecule has 0 aliphatic carbocycles. The molecule has 2 rings (SSSR count). The number of benzene rings is 1. The molecule has 5 nitrogen and oxygen atoms in total. The van der Waals surface area contributed by atoms with E-state index < -0.39 is 0 Å². The zero-order valence-corrected chi connectivity index (χ0v) is 18.1. The Kier molecular flexibility index (Phi) is 11.4. The van der Waals surface area contributed by atoms with Crippen LogP contribution in [-0.4, -0.2) is 57.4 Å². The Hall–Kier alpha value is -0.570. The highest BCUT2D eigenvalue weighted by atomic mass is 127. The normalized spacial score (nSPS) is 15.8. The first-order chi connectivity index (χ1) is 11.7. The van der Waals surface area contributed by atoms with E-state index in [9.17, 15) is 0 Å². The number of nitrogens with zero attached hydrogens (tertiary/aromatic N) is 2. The van der Waals surface area contributed by atoms with E-state index in [1.54, 1.807) is 7.11 Å². The summed E-state index contributed by atoms with van der Waals surface area (Å²) in [5.74, 6) is 0.938. The predicted molar refractivity (Wildman–Crippen MR) is 114 cm³/mol. The number of guanidine groups is 1. The van der Waals surface area contributed by atoms with Gasteiger partial charge in [0.05, 0.1) is 6.10 Å². The molecule has 142 valence electrons. The second kappa shape index (κ2) is 12.7. The van der Waals surface area contributed by atoms with E-state index >= 15 is 0 Å². The van der Waals surface area contributed by atoms with Gasteiger partial charge in [0.2, 0.25) is 0 Å². The smallest absolute Gasteiger partial charge is 0.193 e. The van der Waals surface area contributed by atoms with Gasteiger partial charge in [0.25, 0.3) is 0 Å². The number of nitrogens with one attached hydrogen (secondary N) is 1. The Bertz CT molecular complexity index is 523. The van der Waals surface area contributed by atoms with Crippen LogP contribution in [0.4, 0.5) is 0 Å². The highest BCUT2D eigenvalue weighted by Gasteiger charge is 2.21. The third-order valence-electron chi connectivity index (χ3n) is 4.14. The molecule has 0 bridgehead atoms. The molecule has 7 heteroatoms. The third kappa shape index (κ3) is 8.11. The van der Waals surface area contributed by atoms with Crippen LogP contribution in [-0.2, 0) is 16.0 Å². The maximum atomic E-state index is 6.03. The zero-order valence-electron chi connectivity index (χ0n) is 15.0. The van der Waals surface area contributed by atoms with Crippen molar-refractivity contribution in [2.24, 2.45) is 4.99 Å². The standard InChI is InChI=1S/C18H28ClN3O2.HI/c1-20-18(21-14-15-5-3-6-16(19)13-15)22-9-7-17(8-10-22)24-12-4-11-23-2;/h3,5-6,13,17H,4,7-12,14H2,1-2H3,(H,20,21);1H. The van der Waals surface area contributed by atoms with E-state index in [2.05, 4.69) is 21.3 Å². The van der Waals surface area contributed by atoms with Gasteiger partial charge in [0.1, 0.15) is 0 Å².